The van der Waals surface area contributed by atoms with Gasteiger partial charge in [0, 0.05) is 9.64 Å². The second-order valence-electron chi connectivity index (χ2n) is 4.88. The highest BCUT2D eigenvalue weighted by molar-refractivity contribution is 14.1. The third-order valence-corrected chi connectivity index (χ3v) is 4.87. The number of methoxy groups -OCH3 is 1. The van der Waals surface area contributed by atoms with Crippen molar-refractivity contribution < 1.29 is 9.15 Å². The summed E-state index contributed by atoms with van der Waals surface area (Å²) in [5, 5.41) is 1.03. The number of halogens is 2. The molecule has 1 aromatic heterocycles. The average Bonchev–Trinajstić information content (AvgIpc) is 2.55. The smallest absolute Gasteiger partial charge is 0.193 e. The van der Waals surface area contributed by atoms with E-state index in [4.69, 9.17) is 20.8 Å². The van der Waals surface area contributed by atoms with E-state index in [-0.39, 0.29) is 5.43 Å². The Morgan fingerprint density at radius 2 is 1.87 bits per heavy atom. The molecule has 5 heteroatoms. The maximum absolute atomic E-state index is 12.2. The Morgan fingerprint density at radius 3 is 2.57 bits per heavy atom. The van der Waals surface area contributed by atoms with Crippen LogP contribution in [0.25, 0.3) is 23.1 Å². The van der Waals surface area contributed by atoms with Gasteiger partial charge in [0.2, 0.25) is 0 Å². The van der Waals surface area contributed by atoms with Crippen LogP contribution in [0.4, 0.5) is 0 Å². The first-order valence-corrected chi connectivity index (χ1v) is 8.27. The molecule has 0 aliphatic rings. The quantitative estimate of drug-likeness (QED) is 0.526. The highest BCUT2D eigenvalue weighted by Crippen LogP contribution is 2.24. The number of benzene rings is 2. The van der Waals surface area contributed by atoms with Gasteiger partial charge >= 0.3 is 0 Å². The Bertz CT molecular complexity index is 943. The zero-order valence-corrected chi connectivity index (χ0v) is 15.1. The van der Waals surface area contributed by atoms with Crippen molar-refractivity contribution in [3.8, 4) is 5.75 Å². The van der Waals surface area contributed by atoms with Gasteiger partial charge in [0.1, 0.15) is 17.1 Å². The Hall–Kier alpha value is -1.79. The summed E-state index contributed by atoms with van der Waals surface area (Å²) in [7, 11) is 1.63. The van der Waals surface area contributed by atoms with Gasteiger partial charge in [-0.05, 0) is 58.5 Å². The van der Waals surface area contributed by atoms with Crippen LogP contribution in [-0.2, 0) is 0 Å². The second kappa shape index (κ2) is 6.76. The molecule has 0 bridgehead atoms. The molecule has 0 radical (unpaired) electrons. The van der Waals surface area contributed by atoms with Crippen LogP contribution >= 0.6 is 34.2 Å². The van der Waals surface area contributed by atoms with E-state index in [0.717, 1.165) is 14.9 Å². The predicted molar refractivity (Wildman–Crippen MR) is 102 cm³/mol. The SMILES string of the molecule is COc1ccc(/C=C/c2cc(=O)c3cc(Cl)c(I)cc3o2)cc1. The lowest BCUT2D eigenvalue weighted by Crippen LogP contribution is -2.00. The van der Waals surface area contributed by atoms with Crippen molar-refractivity contribution in [2.75, 3.05) is 7.11 Å². The van der Waals surface area contributed by atoms with Crippen LogP contribution < -0.4 is 10.2 Å². The largest absolute Gasteiger partial charge is 0.497 e. The molecular formula is C18H12ClIO3. The van der Waals surface area contributed by atoms with Gasteiger partial charge in [-0.3, -0.25) is 4.79 Å². The van der Waals surface area contributed by atoms with Gasteiger partial charge in [-0.1, -0.05) is 29.8 Å². The van der Waals surface area contributed by atoms with E-state index in [1.54, 1.807) is 25.3 Å². The molecule has 0 aliphatic carbocycles. The molecule has 0 amide bonds. The van der Waals surface area contributed by atoms with Crippen molar-refractivity contribution in [3.05, 3.63) is 72.6 Å². The Balaban J connectivity index is 1.97. The van der Waals surface area contributed by atoms with Gasteiger partial charge in [-0.2, -0.15) is 0 Å². The molecule has 0 aliphatic heterocycles. The van der Waals surface area contributed by atoms with E-state index in [1.807, 2.05) is 30.3 Å². The van der Waals surface area contributed by atoms with Crippen molar-refractivity contribution in [1.82, 2.24) is 0 Å². The summed E-state index contributed by atoms with van der Waals surface area (Å²) in [4.78, 5) is 12.2. The zero-order chi connectivity index (χ0) is 16.4. The second-order valence-corrected chi connectivity index (χ2v) is 6.45. The lowest BCUT2D eigenvalue weighted by Gasteiger charge is -2.02. The van der Waals surface area contributed by atoms with E-state index < -0.39 is 0 Å². The molecule has 0 saturated heterocycles. The molecule has 3 rings (SSSR count). The molecular weight excluding hydrogens is 427 g/mol. The van der Waals surface area contributed by atoms with E-state index in [0.29, 0.717) is 21.8 Å². The summed E-state index contributed by atoms with van der Waals surface area (Å²) in [6.07, 6.45) is 3.65. The minimum absolute atomic E-state index is 0.112. The van der Waals surface area contributed by atoms with E-state index >= 15 is 0 Å². The molecule has 0 spiro atoms. The summed E-state index contributed by atoms with van der Waals surface area (Å²) < 4.78 is 11.7. The van der Waals surface area contributed by atoms with Gasteiger partial charge < -0.3 is 9.15 Å². The number of hydrogen-bond acceptors (Lipinski definition) is 3. The number of rotatable bonds is 3. The summed E-state index contributed by atoms with van der Waals surface area (Å²) in [5.41, 5.74) is 1.40. The van der Waals surface area contributed by atoms with Crippen LogP contribution in [0.5, 0.6) is 5.75 Å². The zero-order valence-electron chi connectivity index (χ0n) is 12.2. The third-order valence-electron chi connectivity index (χ3n) is 3.34. The van der Waals surface area contributed by atoms with Crippen LogP contribution in [0.15, 0.2) is 51.7 Å². The third kappa shape index (κ3) is 3.59. The van der Waals surface area contributed by atoms with E-state index in [9.17, 15) is 4.79 Å². The minimum atomic E-state index is -0.112. The standard InChI is InChI=1S/C18H12ClIO3/c1-22-12-5-2-11(3-6-12)4-7-13-8-17(21)14-9-15(19)16(20)10-18(14)23-13/h2-10H,1H3/b7-4+. The van der Waals surface area contributed by atoms with Crippen LogP contribution in [0.1, 0.15) is 11.3 Å². The van der Waals surface area contributed by atoms with Crippen LogP contribution in [0.3, 0.4) is 0 Å². The van der Waals surface area contributed by atoms with Crippen LogP contribution in [-0.4, -0.2) is 7.11 Å². The van der Waals surface area contributed by atoms with Crippen molar-refractivity contribution in [3.63, 3.8) is 0 Å². The predicted octanol–water partition coefficient (Wildman–Crippen LogP) is 5.23. The highest BCUT2D eigenvalue weighted by Gasteiger charge is 2.07. The van der Waals surface area contributed by atoms with E-state index in [1.165, 1.54) is 6.07 Å². The Kier molecular flexibility index (Phi) is 4.73. The van der Waals surface area contributed by atoms with Crippen molar-refractivity contribution in [1.29, 1.82) is 0 Å². The monoisotopic (exact) mass is 438 g/mol. The molecule has 116 valence electrons. The highest BCUT2D eigenvalue weighted by atomic mass is 127. The first kappa shape index (κ1) is 16.1. The van der Waals surface area contributed by atoms with Crippen LogP contribution in [0.2, 0.25) is 5.02 Å². The van der Waals surface area contributed by atoms with Crippen molar-refractivity contribution in [2.24, 2.45) is 0 Å². The molecule has 3 aromatic rings. The summed E-state index contributed by atoms with van der Waals surface area (Å²) in [6, 6.07) is 12.5. The molecule has 3 nitrogen and oxygen atoms in total. The lowest BCUT2D eigenvalue weighted by molar-refractivity contribution is 0.415. The van der Waals surface area contributed by atoms with Crippen molar-refractivity contribution >= 4 is 57.3 Å². The molecule has 2 aromatic carbocycles. The van der Waals surface area contributed by atoms with Gasteiger partial charge in [-0.15, -0.1) is 0 Å². The first-order valence-electron chi connectivity index (χ1n) is 6.82. The molecule has 0 unspecified atom stereocenters. The van der Waals surface area contributed by atoms with Gasteiger partial charge in [0.25, 0.3) is 0 Å². The van der Waals surface area contributed by atoms with Crippen LogP contribution in [0, 0.1) is 3.57 Å². The summed E-state index contributed by atoms with van der Waals surface area (Å²) >= 11 is 8.16. The first-order chi connectivity index (χ1) is 11.1. The molecule has 0 fully saturated rings. The lowest BCUT2D eigenvalue weighted by atomic mass is 10.2. The minimum Gasteiger partial charge on any atom is -0.497 e. The topological polar surface area (TPSA) is 39.4 Å². The number of ether oxygens (including phenoxy) is 1. The van der Waals surface area contributed by atoms with Gasteiger partial charge in [0.15, 0.2) is 5.43 Å². The molecule has 0 N–H and O–H groups in total. The summed E-state index contributed by atoms with van der Waals surface area (Å²) in [5.74, 6) is 1.29. The fourth-order valence-corrected chi connectivity index (χ4v) is 2.75. The maximum Gasteiger partial charge on any atom is 0.193 e. The molecule has 1 heterocycles. The van der Waals surface area contributed by atoms with Gasteiger partial charge in [-0.25, -0.2) is 0 Å². The molecule has 0 atom stereocenters. The normalized spacial score (nSPS) is 11.3. The maximum atomic E-state index is 12.2. The fraction of sp³-hybridized carbons (Fsp3) is 0.0556. The number of hydrogen-bond donors (Lipinski definition) is 0. The molecule has 23 heavy (non-hydrogen) atoms. The Morgan fingerprint density at radius 1 is 1.13 bits per heavy atom. The summed E-state index contributed by atoms with van der Waals surface area (Å²) in [6.45, 7) is 0. The van der Waals surface area contributed by atoms with Crippen molar-refractivity contribution in [2.45, 2.75) is 0 Å². The average molecular weight is 439 g/mol. The van der Waals surface area contributed by atoms with Gasteiger partial charge in [0.05, 0.1) is 17.5 Å². The fourth-order valence-electron chi connectivity index (χ4n) is 2.14. The Labute approximate surface area is 151 Å². The van der Waals surface area contributed by atoms with E-state index in [2.05, 4.69) is 22.6 Å². The number of fused-ring (bicyclic) bond motifs is 1. The molecule has 0 saturated carbocycles.